The molecule has 0 aliphatic carbocycles. The zero-order valence-corrected chi connectivity index (χ0v) is 8.62. The van der Waals surface area contributed by atoms with Crippen LogP contribution in [0.2, 0.25) is 0 Å². The van der Waals surface area contributed by atoms with Crippen LogP contribution in [0.15, 0.2) is 4.52 Å². The van der Waals surface area contributed by atoms with Gasteiger partial charge in [-0.25, -0.2) is 4.79 Å². The summed E-state index contributed by atoms with van der Waals surface area (Å²) in [7, 11) is 0. The molecule has 1 aromatic heterocycles. The third-order valence-electron chi connectivity index (χ3n) is 2.51. The Balaban J connectivity index is 2.17. The molecule has 8 heteroatoms. The Labute approximate surface area is 93.8 Å². The van der Waals surface area contributed by atoms with Crippen molar-refractivity contribution in [2.75, 3.05) is 13.1 Å². The molecular weight excluding hydrogens is 241 g/mol. The van der Waals surface area contributed by atoms with Gasteiger partial charge >= 0.3 is 12.1 Å². The highest BCUT2D eigenvalue weighted by Gasteiger charge is 2.34. The fourth-order valence-corrected chi connectivity index (χ4v) is 1.82. The van der Waals surface area contributed by atoms with E-state index < -0.39 is 18.7 Å². The summed E-state index contributed by atoms with van der Waals surface area (Å²) >= 11 is 0. The molecule has 1 aliphatic rings. The number of carboxylic acids is 1. The average molecular weight is 250 g/mol. The summed E-state index contributed by atoms with van der Waals surface area (Å²) < 4.78 is 41.4. The average Bonchev–Trinajstić information content (AvgIpc) is 2.57. The zero-order chi connectivity index (χ0) is 12.6. The van der Waals surface area contributed by atoms with Crippen molar-refractivity contribution in [1.82, 2.24) is 10.1 Å². The molecule has 1 aliphatic heterocycles. The topological polar surface area (TPSA) is 66.6 Å². The predicted octanol–water partition coefficient (Wildman–Crippen LogP) is 1.29. The van der Waals surface area contributed by atoms with Gasteiger partial charge in [0.1, 0.15) is 5.76 Å². The summed E-state index contributed by atoms with van der Waals surface area (Å²) in [5.41, 5.74) is -0.0557. The number of carboxylic acid groups (broad SMARTS) is 1. The Hall–Kier alpha value is -1.57. The van der Waals surface area contributed by atoms with Crippen LogP contribution in [0.1, 0.15) is 21.8 Å². The van der Waals surface area contributed by atoms with E-state index >= 15 is 0 Å². The molecule has 17 heavy (non-hydrogen) atoms. The quantitative estimate of drug-likeness (QED) is 0.856. The molecule has 2 heterocycles. The maximum atomic E-state index is 12.2. The molecule has 0 spiro atoms. The molecule has 94 valence electrons. The van der Waals surface area contributed by atoms with Crippen molar-refractivity contribution in [3.63, 3.8) is 0 Å². The van der Waals surface area contributed by atoms with E-state index in [4.69, 9.17) is 9.63 Å². The number of rotatable bonds is 2. The minimum absolute atomic E-state index is 0.0972. The predicted molar refractivity (Wildman–Crippen MR) is 48.5 cm³/mol. The van der Waals surface area contributed by atoms with E-state index in [2.05, 4.69) is 5.16 Å². The van der Waals surface area contributed by atoms with Gasteiger partial charge in [0.15, 0.2) is 5.69 Å². The number of aromatic carboxylic acids is 1. The lowest BCUT2D eigenvalue weighted by molar-refractivity contribution is -0.147. The van der Waals surface area contributed by atoms with Crippen LogP contribution in [0, 0.1) is 0 Å². The van der Waals surface area contributed by atoms with E-state index in [0.29, 0.717) is 5.76 Å². The smallest absolute Gasteiger partial charge is 0.401 e. The van der Waals surface area contributed by atoms with Gasteiger partial charge in [0, 0.05) is 25.1 Å². The standard InChI is InChI=1S/C9H9F3N2O3/c10-9(11,12)4-14-2-1-6-5(3-14)7(8(15)16)13-17-6/h1-4H2,(H,15,16). The van der Waals surface area contributed by atoms with E-state index in [0.717, 1.165) is 4.90 Å². The number of aromatic nitrogens is 1. The van der Waals surface area contributed by atoms with Gasteiger partial charge in [-0.05, 0) is 0 Å². The summed E-state index contributed by atoms with van der Waals surface area (Å²) in [6.07, 6.45) is -4.05. The van der Waals surface area contributed by atoms with Crippen LogP contribution < -0.4 is 0 Å². The highest BCUT2D eigenvalue weighted by atomic mass is 19.4. The number of fused-ring (bicyclic) bond motifs is 1. The van der Waals surface area contributed by atoms with Crippen LogP contribution in [-0.4, -0.2) is 40.4 Å². The number of hydrogen-bond donors (Lipinski definition) is 1. The van der Waals surface area contributed by atoms with E-state index in [-0.39, 0.29) is 30.8 Å². The fraction of sp³-hybridized carbons (Fsp3) is 0.556. The van der Waals surface area contributed by atoms with Gasteiger partial charge in [0.05, 0.1) is 6.54 Å². The molecular formula is C9H9F3N2O3. The minimum atomic E-state index is -4.29. The highest BCUT2D eigenvalue weighted by Crippen LogP contribution is 2.25. The van der Waals surface area contributed by atoms with Crippen LogP contribution in [0.25, 0.3) is 0 Å². The Morgan fingerprint density at radius 3 is 2.82 bits per heavy atom. The second kappa shape index (κ2) is 4.02. The Bertz CT molecular complexity index is 441. The summed E-state index contributed by atoms with van der Waals surface area (Å²) in [6, 6.07) is 0. The maximum absolute atomic E-state index is 12.2. The molecule has 0 amide bonds. The van der Waals surface area contributed by atoms with Gasteiger partial charge in [-0.15, -0.1) is 0 Å². The normalized spacial score (nSPS) is 16.9. The lowest BCUT2D eigenvalue weighted by Gasteiger charge is -2.26. The maximum Gasteiger partial charge on any atom is 0.401 e. The van der Waals surface area contributed by atoms with Crippen LogP contribution >= 0.6 is 0 Å². The van der Waals surface area contributed by atoms with Gasteiger partial charge in [0.25, 0.3) is 0 Å². The highest BCUT2D eigenvalue weighted by molar-refractivity contribution is 5.87. The summed E-state index contributed by atoms with van der Waals surface area (Å²) in [4.78, 5) is 11.9. The van der Waals surface area contributed by atoms with Crippen molar-refractivity contribution in [3.05, 3.63) is 17.0 Å². The molecule has 0 atom stereocenters. The molecule has 5 nitrogen and oxygen atoms in total. The Morgan fingerprint density at radius 2 is 2.24 bits per heavy atom. The number of alkyl halides is 3. The number of nitrogens with zero attached hydrogens (tertiary/aromatic N) is 2. The van der Waals surface area contributed by atoms with Crippen molar-refractivity contribution >= 4 is 5.97 Å². The van der Waals surface area contributed by atoms with Crippen molar-refractivity contribution in [2.24, 2.45) is 0 Å². The van der Waals surface area contributed by atoms with Crippen molar-refractivity contribution in [2.45, 2.75) is 19.1 Å². The van der Waals surface area contributed by atoms with Crippen LogP contribution in [0.4, 0.5) is 13.2 Å². The van der Waals surface area contributed by atoms with Gasteiger partial charge in [-0.1, -0.05) is 5.16 Å². The third-order valence-corrected chi connectivity index (χ3v) is 2.51. The summed E-state index contributed by atoms with van der Waals surface area (Å²) in [6.45, 7) is -0.975. The molecule has 1 N–H and O–H groups in total. The molecule has 0 saturated heterocycles. The van der Waals surface area contributed by atoms with Gasteiger partial charge < -0.3 is 9.63 Å². The van der Waals surface area contributed by atoms with E-state index in [1.165, 1.54) is 0 Å². The first-order valence-electron chi connectivity index (χ1n) is 4.86. The molecule has 0 unspecified atom stereocenters. The minimum Gasteiger partial charge on any atom is -0.476 e. The summed E-state index contributed by atoms with van der Waals surface area (Å²) in [5, 5.41) is 12.1. The second-order valence-electron chi connectivity index (χ2n) is 3.81. The number of hydrogen-bond acceptors (Lipinski definition) is 4. The van der Waals surface area contributed by atoms with Gasteiger partial charge in [-0.2, -0.15) is 13.2 Å². The van der Waals surface area contributed by atoms with Crippen molar-refractivity contribution in [3.8, 4) is 0 Å². The molecule has 0 radical (unpaired) electrons. The first-order valence-corrected chi connectivity index (χ1v) is 4.86. The molecule has 1 aromatic rings. The number of halogens is 3. The summed E-state index contributed by atoms with van der Waals surface area (Å²) in [5.74, 6) is -0.926. The van der Waals surface area contributed by atoms with E-state index in [1.54, 1.807) is 0 Å². The Kier molecular flexibility index (Phi) is 2.82. The van der Waals surface area contributed by atoms with Crippen LogP contribution in [-0.2, 0) is 13.0 Å². The third kappa shape index (κ3) is 2.57. The number of carbonyl (C=O) groups is 1. The second-order valence-corrected chi connectivity index (χ2v) is 3.81. The molecule has 2 rings (SSSR count). The molecule has 0 aromatic carbocycles. The van der Waals surface area contributed by atoms with E-state index in [9.17, 15) is 18.0 Å². The molecule has 0 bridgehead atoms. The van der Waals surface area contributed by atoms with Crippen molar-refractivity contribution < 1.29 is 27.6 Å². The first-order chi connectivity index (χ1) is 7.87. The monoisotopic (exact) mass is 250 g/mol. The van der Waals surface area contributed by atoms with Gasteiger partial charge in [-0.3, -0.25) is 4.90 Å². The van der Waals surface area contributed by atoms with Crippen LogP contribution in [0.5, 0.6) is 0 Å². The lowest BCUT2D eigenvalue weighted by Crippen LogP contribution is -2.38. The largest absolute Gasteiger partial charge is 0.476 e. The van der Waals surface area contributed by atoms with E-state index in [1.807, 2.05) is 0 Å². The molecule has 0 saturated carbocycles. The lowest BCUT2D eigenvalue weighted by atomic mass is 10.1. The van der Waals surface area contributed by atoms with Crippen LogP contribution in [0.3, 0.4) is 0 Å². The van der Waals surface area contributed by atoms with Crippen molar-refractivity contribution in [1.29, 1.82) is 0 Å². The first kappa shape index (κ1) is 11.9. The SMILES string of the molecule is O=C(O)c1noc2c1CN(CC(F)(F)F)CC2. The fourth-order valence-electron chi connectivity index (χ4n) is 1.82. The zero-order valence-electron chi connectivity index (χ0n) is 8.62. The molecule has 0 fully saturated rings. The van der Waals surface area contributed by atoms with Gasteiger partial charge in [0.2, 0.25) is 0 Å². The Morgan fingerprint density at radius 1 is 1.53 bits per heavy atom.